The number of hydrogen-bond acceptors (Lipinski definition) is 5. The summed E-state index contributed by atoms with van der Waals surface area (Å²) in [7, 11) is 2.13. The second-order valence-corrected chi connectivity index (χ2v) is 4.65. The van der Waals surface area contributed by atoms with Gasteiger partial charge in [0.2, 0.25) is 0 Å². The lowest BCUT2D eigenvalue weighted by atomic mass is 10.1. The average molecular weight is 342 g/mol. The molecule has 1 aromatic rings. The van der Waals surface area contributed by atoms with Gasteiger partial charge in [0, 0.05) is 17.5 Å². The highest BCUT2D eigenvalue weighted by molar-refractivity contribution is 5.93. The number of hydrogen-bond donors (Lipinski definition) is 0. The maximum Gasteiger partial charge on any atom is 0.417 e. The second-order valence-electron chi connectivity index (χ2n) is 4.65. The molecule has 0 saturated heterocycles. The minimum atomic E-state index is -4.76. The smallest absolute Gasteiger partial charge is 0.417 e. The Balaban J connectivity index is 3.25. The molecule has 0 aliphatic heterocycles. The zero-order chi connectivity index (χ0) is 18.3. The van der Waals surface area contributed by atoms with Gasteiger partial charge in [0.15, 0.2) is 0 Å². The van der Waals surface area contributed by atoms with Crippen molar-refractivity contribution >= 4 is 12.0 Å². The fourth-order valence-electron chi connectivity index (χ4n) is 1.79. The zero-order valence-electron chi connectivity index (χ0n) is 13.6. The van der Waals surface area contributed by atoms with E-state index in [1.165, 1.54) is 12.3 Å². The predicted molar refractivity (Wildman–Crippen MR) is 81.8 cm³/mol. The van der Waals surface area contributed by atoms with E-state index >= 15 is 0 Å². The Morgan fingerprint density at radius 3 is 2.42 bits per heavy atom. The predicted octanol–water partition coefficient (Wildman–Crippen LogP) is 3.30. The monoisotopic (exact) mass is 342 g/mol. The first-order valence-corrected chi connectivity index (χ1v) is 6.78. The number of aryl methyl sites for hydroxylation is 2. The summed E-state index contributed by atoms with van der Waals surface area (Å²) in [4.78, 5) is 19.7. The van der Waals surface area contributed by atoms with Gasteiger partial charge in [-0.3, -0.25) is 0 Å². The first-order valence-electron chi connectivity index (χ1n) is 6.78. The molecule has 1 rings (SSSR count). The molecule has 0 N–H and O–H groups in total. The molecule has 5 nitrogen and oxygen atoms in total. The number of carbonyl (C=O) groups excluding carboxylic acids is 1. The molecule has 0 amide bonds. The van der Waals surface area contributed by atoms with E-state index in [4.69, 9.17) is 0 Å². The molecular weight excluding hydrogens is 325 g/mol. The van der Waals surface area contributed by atoms with E-state index in [2.05, 4.69) is 19.4 Å². The SMILES string of the molecule is COC=C(C(=O)OC)C(=CC=Cc1cnc(C)nc1C)C(F)(F)F. The zero-order valence-corrected chi connectivity index (χ0v) is 13.6. The number of halogens is 3. The van der Waals surface area contributed by atoms with Crippen LogP contribution in [-0.4, -0.2) is 36.3 Å². The normalized spacial score (nSPS) is 13.3. The molecule has 1 aromatic heterocycles. The third-order valence-electron chi connectivity index (χ3n) is 2.91. The number of alkyl halides is 3. The van der Waals surface area contributed by atoms with Gasteiger partial charge in [0.05, 0.1) is 26.1 Å². The Kier molecular flexibility index (Phi) is 6.69. The van der Waals surface area contributed by atoms with Crippen LogP contribution in [0.1, 0.15) is 17.1 Å². The summed E-state index contributed by atoms with van der Waals surface area (Å²) >= 11 is 0. The fraction of sp³-hybridized carbons (Fsp3) is 0.312. The van der Waals surface area contributed by atoms with Gasteiger partial charge in [-0.25, -0.2) is 14.8 Å². The molecule has 24 heavy (non-hydrogen) atoms. The number of allylic oxidation sites excluding steroid dienone is 2. The number of ether oxygens (including phenoxy) is 2. The highest BCUT2D eigenvalue weighted by Crippen LogP contribution is 2.32. The van der Waals surface area contributed by atoms with Crippen molar-refractivity contribution in [1.29, 1.82) is 0 Å². The Hall–Kier alpha value is -2.64. The van der Waals surface area contributed by atoms with Gasteiger partial charge in [-0.15, -0.1) is 0 Å². The molecular formula is C16H17F3N2O3. The van der Waals surface area contributed by atoms with Crippen LogP contribution in [0.3, 0.4) is 0 Å². The van der Waals surface area contributed by atoms with Crippen LogP contribution in [0.4, 0.5) is 13.2 Å². The van der Waals surface area contributed by atoms with Crippen LogP contribution in [-0.2, 0) is 14.3 Å². The van der Waals surface area contributed by atoms with Gasteiger partial charge in [-0.2, -0.15) is 13.2 Å². The minimum absolute atomic E-state index is 0.562. The molecule has 8 heteroatoms. The number of rotatable bonds is 5. The number of esters is 1. The summed E-state index contributed by atoms with van der Waals surface area (Å²) in [5.41, 5.74) is -0.720. The number of carbonyl (C=O) groups is 1. The van der Waals surface area contributed by atoms with E-state index in [1.54, 1.807) is 13.8 Å². The van der Waals surface area contributed by atoms with Crippen molar-refractivity contribution in [3.05, 3.63) is 52.8 Å². The summed E-state index contributed by atoms with van der Waals surface area (Å²) in [6.45, 7) is 3.42. The van der Waals surface area contributed by atoms with E-state index in [-0.39, 0.29) is 0 Å². The van der Waals surface area contributed by atoms with Gasteiger partial charge in [0.1, 0.15) is 11.4 Å². The van der Waals surface area contributed by atoms with Crippen LogP contribution >= 0.6 is 0 Å². The standard InChI is InChI=1S/C16H17F3N2O3/c1-10-12(8-20-11(2)21-10)6-5-7-14(16(17,18)19)13(9-23-3)15(22)24-4/h5-9H,1-4H3. The van der Waals surface area contributed by atoms with Gasteiger partial charge < -0.3 is 9.47 Å². The van der Waals surface area contributed by atoms with Crippen molar-refractivity contribution in [2.45, 2.75) is 20.0 Å². The summed E-state index contributed by atoms with van der Waals surface area (Å²) in [5.74, 6) is -0.587. The van der Waals surface area contributed by atoms with Crippen molar-refractivity contribution in [3.8, 4) is 0 Å². The Labute approximate surface area is 137 Å². The van der Waals surface area contributed by atoms with E-state index in [0.29, 0.717) is 23.3 Å². The number of aromatic nitrogens is 2. The Morgan fingerprint density at radius 2 is 1.92 bits per heavy atom. The molecule has 0 bridgehead atoms. The van der Waals surface area contributed by atoms with Crippen molar-refractivity contribution in [1.82, 2.24) is 9.97 Å². The molecule has 0 saturated carbocycles. The Morgan fingerprint density at radius 1 is 1.25 bits per heavy atom. The topological polar surface area (TPSA) is 61.3 Å². The van der Waals surface area contributed by atoms with Crippen molar-refractivity contribution in [3.63, 3.8) is 0 Å². The van der Waals surface area contributed by atoms with Gasteiger partial charge in [-0.1, -0.05) is 12.2 Å². The fourth-order valence-corrected chi connectivity index (χ4v) is 1.79. The van der Waals surface area contributed by atoms with Gasteiger partial charge in [0.25, 0.3) is 0 Å². The number of methoxy groups -OCH3 is 2. The lowest BCUT2D eigenvalue weighted by Crippen LogP contribution is -2.19. The molecule has 0 fully saturated rings. The summed E-state index contributed by atoms with van der Waals surface area (Å²) < 4.78 is 48.6. The highest BCUT2D eigenvalue weighted by atomic mass is 19.4. The van der Waals surface area contributed by atoms with E-state index in [1.807, 2.05) is 0 Å². The molecule has 0 spiro atoms. The van der Waals surface area contributed by atoms with Crippen LogP contribution in [0.2, 0.25) is 0 Å². The maximum atomic E-state index is 13.2. The average Bonchev–Trinajstić information content (AvgIpc) is 2.49. The quantitative estimate of drug-likeness (QED) is 0.356. The molecule has 0 unspecified atom stereocenters. The largest absolute Gasteiger partial charge is 0.503 e. The summed E-state index contributed by atoms with van der Waals surface area (Å²) in [6.07, 6.45) is 0.780. The molecule has 130 valence electrons. The van der Waals surface area contributed by atoms with Gasteiger partial charge in [-0.05, 0) is 19.9 Å². The first-order chi connectivity index (χ1) is 11.2. The minimum Gasteiger partial charge on any atom is -0.503 e. The molecule has 0 atom stereocenters. The molecule has 0 aliphatic carbocycles. The van der Waals surface area contributed by atoms with E-state index in [9.17, 15) is 18.0 Å². The van der Waals surface area contributed by atoms with Crippen molar-refractivity contribution in [2.75, 3.05) is 14.2 Å². The molecule has 0 aliphatic rings. The molecule has 0 radical (unpaired) electrons. The first kappa shape index (κ1) is 19.4. The molecule has 0 aromatic carbocycles. The Bertz CT molecular complexity index is 692. The van der Waals surface area contributed by atoms with Crippen LogP contribution < -0.4 is 0 Å². The van der Waals surface area contributed by atoms with Gasteiger partial charge >= 0.3 is 12.1 Å². The third kappa shape index (κ3) is 5.22. The maximum absolute atomic E-state index is 13.2. The van der Waals surface area contributed by atoms with E-state index in [0.717, 1.165) is 26.4 Å². The second kappa shape index (κ2) is 8.28. The van der Waals surface area contributed by atoms with E-state index < -0.39 is 23.3 Å². The summed E-state index contributed by atoms with van der Waals surface area (Å²) in [5, 5.41) is 0. The van der Waals surface area contributed by atoms with Crippen LogP contribution in [0.25, 0.3) is 6.08 Å². The highest BCUT2D eigenvalue weighted by Gasteiger charge is 2.38. The summed E-state index contributed by atoms with van der Waals surface area (Å²) in [6, 6.07) is 0. The lowest BCUT2D eigenvalue weighted by Gasteiger charge is -2.13. The van der Waals surface area contributed by atoms with Crippen molar-refractivity contribution in [2.24, 2.45) is 0 Å². The van der Waals surface area contributed by atoms with Crippen molar-refractivity contribution < 1.29 is 27.4 Å². The third-order valence-corrected chi connectivity index (χ3v) is 2.91. The molecule has 1 heterocycles. The number of nitrogens with zero attached hydrogens (tertiary/aromatic N) is 2. The van der Waals surface area contributed by atoms with Crippen LogP contribution in [0, 0.1) is 13.8 Å². The lowest BCUT2D eigenvalue weighted by molar-refractivity contribution is -0.138. The van der Waals surface area contributed by atoms with Crippen LogP contribution in [0.15, 0.2) is 35.8 Å². The van der Waals surface area contributed by atoms with Crippen LogP contribution in [0.5, 0.6) is 0 Å².